The number of phosphoric acid groups is 1. The first-order chi connectivity index (χ1) is 23.9. The largest absolute Gasteiger partial charge is 0.472 e. The molecule has 0 aliphatic heterocycles. The molecule has 0 aromatic rings. The molecule has 0 aromatic heterocycles. The van der Waals surface area contributed by atoms with E-state index < -0.39 is 75.7 Å². The van der Waals surface area contributed by atoms with Crippen molar-refractivity contribution in [2.24, 2.45) is 0 Å². The van der Waals surface area contributed by atoms with Crippen molar-refractivity contribution >= 4 is 19.8 Å². The van der Waals surface area contributed by atoms with Crippen molar-refractivity contribution in [1.82, 2.24) is 0 Å². The maximum absolute atomic E-state index is 12.6. The maximum Gasteiger partial charge on any atom is 0.472 e. The first-order valence-electron chi connectivity index (χ1n) is 18.6. The molecule has 292 valence electrons. The van der Waals surface area contributed by atoms with Crippen LogP contribution in [0, 0.1) is 0 Å². The van der Waals surface area contributed by atoms with E-state index in [0.717, 1.165) is 44.9 Å². The van der Waals surface area contributed by atoms with Crippen molar-refractivity contribution in [3.05, 3.63) is 24.3 Å². The molecule has 0 aromatic carbocycles. The lowest BCUT2D eigenvalue weighted by Crippen LogP contribution is -2.64. The van der Waals surface area contributed by atoms with E-state index in [1.165, 1.54) is 51.4 Å². The minimum atomic E-state index is -5.09. The van der Waals surface area contributed by atoms with E-state index in [1.54, 1.807) is 0 Å². The number of hydrogen-bond acceptors (Lipinski definition) is 12. The Morgan fingerprint density at radius 1 is 0.620 bits per heavy atom. The van der Waals surface area contributed by atoms with Gasteiger partial charge >= 0.3 is 19.8 Å². The molecular formula is C36H65O13P. The average Bonchev–Trinajstić information content (AvgIpc) is 3.09. The first-order valence-corrected chi connectivity index (χ1v) is 20.1. The number of esters is 2. The Balaban J connectivity index is 2.35. The van der Waals surface area contributed by atoms with Crippen LogP contribution in [0.3, 0.4) is 0 Å². The molecule has 0 heterocycles. The molecule has 6 N–H and O–H groups in total. The zero-order valence-electron chi connectivity index (χ0n) is 30.2. The molecule has 0 bridgehead atoms. The van der Waals surface area contributed by atoms with Crippen molar-refractivity contribution in [2.45, 2.75) is 179 Å². The van der Waals surface area contributed by atoms with Crippen molar-refractivity contribution < 1.29 is 63.1 Å². The lowest BCUT2D eigenvalue weighted by atomic mass is 9.85. The summed E-state index contributed by atoms with van der Waals surface area (Å²) in [4.78, 5) is 34.8. The summed E-state index contributed by atoms with van der Waals surface area (Å²) in [6.45, 7) is 2.94. The SMILES string of the molecule is CCCCC/C=C\C/C=C\CCCCCCCCCCCC(=O)OC(COC(=O)CCCC)COP(=O)(O)OC1C(O)C(O)C(O)C(O)C1O. The van der Waals surface area contributed by atoms with Crippen molar-refractivity contribution in [3.63, 3.8) is 0 Å². The van der Waals surface area contributed by atoms with Crippen LogP contribution in [0.5, 0.6) is 0 Å². The molecule has 0 radical (unpaired) electrons. The van der Waals surface area contributed by atoms with Gasteiger partial charge < -0.3 is 39.9 Å². The van der Waals surface area contributed by atoms with Crippen LogP contribution in [-0.2, 0) is 32.7 Å². The summed E-state index contributed by atoms with van der Waals surface area (Å²) in [6.07, 6.45) is 14.0. The van der Waals surface area contributed by atoms with Gasteiger partial charge in [-0.1, -0.05) is 102 Å². The van der Waals surface area contributed by atoms with E-state index in [-0.39, 0.29) is 12.8 Å². The molecule has 6 unspecified atom stereocenters. The second-order valence-corrected chi connectivity index (χ2v) is 14.5. The van der Waals surface area contributed by atoms with Gasteiger partial charge in [0, 0.05) is 12.8 Å². The predicted molar refractivity (Wildman–Crippen MR) is 189 cm³/mol. The van der Waals surface area contributed by atoms with Gasteiger partial charge in [0.05, 0.1) is 6.61 Å². The van der Waals surface area contributed by atoms with E-state index in [0.29, 0.717) is 12.8 Å². The van der Waals surface area contributed by atoms with Gasteiger partial charge in [-0.05, 0) is 44.9 Å². The Morgan fingerprint density at radius 3 is 1.66 bits per heavy atom. The van der Waals surface area contributed by atoms with E-state index in [4.69, 9.17) is 18.5 Å². The monoisotopic (exact) mass is 736 g/mol. The molecule has 14 heteroatoms. The lowest BCUT2D eigenvalue weighted by Gasteiger charge is -2.41. The number of hydrogen-bond donors (Lipinski definition) is 6. The zero-order chi connectivity index (χ0) is 37.2. The second-order valence-electron chi connectivity index (χ2n) is 13.1. The third-order valence-corrected chi connectivity index (χ3v) is 9.53. The second kappa shape index (κ2) is 27.9. The molecule has 1 rings (SSSR count). The van der Waals surface area contributed by atoms with Gasteiger partial charge in [-0.25, -0.2) is 4.57 Å². The van der Waals surface area contributed by atoms with Crippen LogP contribution in [-0.4, -0.2) is 98.3 Å². The number of carbonyl (C=O) groups excluding carboxylic acids is 2. The summed E-state index contributed by atoms with van der Waals surface area (Å²) in [7, 11) is -5.09. The van der Waals surface area contributed by atoms with E-state index in [9.17, 15) is 44.6 Å². The number of allylic oxidation sites excluding steroid dienone is 4. The molecule has 0 saturated heterocycles. The van der Waals surface area contributed by atoms with E-state index in [1.807, 2.05) is 6.92 Å². The summed E-state index contributed by atoms with van der Waals surface area (Å²) in [6, 6.07) is 0. The molecular weight excluding hydrogens is 671 g/mol. The predicted octanol–water partition coefficient (Wildman–Crippen LogP) is 5.33. The number of unbranched alkanes of at least 4 members (excludes halogenated alkanes) is 13. The van der Waals surface area contributed by atoms with Crippen LogP contribution in [0.1, 0.15) is 136 Å². The summed E-state index contributed by atoms with van der Waals surface area (Å²) >= 11 is 0. The van der Waals surface area contributed by atoms with Gasteiger partial charge in [-0.2, -0.15) is 0 Å². The molecule has 1 aliphatic rings. The normalized spacial score (nSPS) is 24.4. The Kier molecular flexibility index (Phi) is 25.9. The summed E-state index contributed by atoms with van der Waals surface area (Å²) in [5, 5.41) is 49.6. The molecule has 6 atom stereocenters. The van der Waals surface area contributed by atoms with Crippen LogP contribution in [0.25, 0.3) is 0 Å². The molecule has 50 heavy (non-hydrogen) atoms. The zero-order valence-corrected chi connectivity index (χ0v) is 31.1. The van der Waals surface area contributed by atoms with E-state index in [2.05, 4.69) is 31.2 Å². The topological polar surface area (TPSA) is 210 Å². The molecule has 0 spiro atoms. The molecule has 1 fully saturated rings. The number of phosphoric ester groups is 1. The molecule has 13 nitrogen and oxygen atoms in total. The average molecular weight is 737 g/mol. The van der Waals surface area contributed by atoms with Crippen LogP contribution >= 0.6 is 7.82 Å². The Labute approximate surface area is 298 Å². The molecule has 1 saturated carbocycles. The highest BCUT2D eigenvalue weighted by Crippen LogP contribution is 2.47. The smallest absolute Gasteiger partial charge is 0.462 e. The number of rotatable bonds is 29. The minimum Gasteiger partial charge on any atom is -0.462 e. The third kappa shape index (κ3) is 21.0. The number of aliphatic hydroxyl groups excluding tert-OH is 5. The Bertz CT molecular complexity index is 990. The quantitative estimate of drug-likeness (QED) is 0.0249. The Morgan fingerprint density at radius 2 is 1.10 bits per heavy atom. The lowest BCUT2D eigenvalue weighted by molar-refractivity contribution is -0.220. The standard InChI is InChI=1S/C36H65O13P/c1-3-5-7-8-9-10-11-12-13-14-15-16-17-18-19-20-21-22-23-25-30(38)48-28(26-46-29(37)24-6-4-2)27-47-50(44,45)49-36-34(42)32(40)31(39)33(41)35(36)43/h9-10,12-13,28,31-36,39-43H,3-8,11,14-27H2,1-2H3,(H,44,45)/b10-9-,13-12-. The maximum atomic E-state index is 12.6. The number of carbonyl (C=O) groups is 2. The Hall–Kier alpha value is -1.67. The van der Waals surface area contributed by atoms with Gasteiger partial charge in [0.1, 0.15) is 43.2 Å². The van der Waals surface area contributed by atoms with Gasteiger partial charge in [0.25, 0.3) is 0 Å². The summed E-state index contributed by atoms with van der Waals surface area (Å²) < 4.78 is 32.8. The fourth-order valence-corrected chi connectivity index (χ4v) is 6.38. The van der Waals surface area contributed by atoms with E-state index >= 15 is 0 Å². The van der Waals surface area contributed by atoms with Gasteiger partial charge in [0.2, 0.25) is 0 Å². The van der Waals surface area contributed by atoms with Gasteiger partial charge in [-0.3, -0.25) is 18.6 Å². The highest BCUT2D eigenvalue weighted by Gasteiger charge is 2.51. The third-order valence-electron chi connectivity index (χ3n) is 8.55. The van der Waals surface area contributed by atoms with Crippen LogP contribution in [0.4, 0.5) is 0 Å². The van der Waals surface area contributed by atoms with Gasteiger partial charge in [-0.15, -0.1) is 0 Å². The summed E-state index contributed by atoms with van der Waals surface area (Å²) in [5.41, 5.74) is 0. The highest BCUT2D eigenvalue weighted by molar-refractivity contribution is 7.47. The number of ether oxygens (including phenoxy) is 2. The van der Waals surface area contributed by atoms with Gasteiger partial charge in [0.15, 0.2) is 6.10 Å². The first kappa shape index (κ1) is 46.4. The van der Waals surface area contributed by atoms with Crippen molar-refractivity contribution in [1.29, 1.82) is 0 Å². The van der Waals surface area contributed by atoms with Crippen LogP contribution < -0.4 is 0 Å². The minimum absolute atomic E-state index is 0.0916. The number of aliphatic hydroxyl groups is 5. The molecule has 0 amide bonds. The summed E-state index contributed by atoms with van der Waals surface area (Å²) in [5.74, 6) is -1.15. The molecule has 1 aliphatic carbocycles. The van der Waals surface area contributed by atoms with Crippen LogP contribution in [0.2, 0.25) is 0 Å². The van der Waals surface area contributed by atoms with Crippen molar-refractivity contribution in [2.75, 3.05) is 13.2 Å². The van der Waals surface area contributed by atoms with Crippen LogP contribution in [0.15, 0.2) is 24.3 Å². The highest BCUT2D eigenvalue weighted by atomic mass is 31.2. The van der Waals surface area contributed by atoms with Crippen molar-refractivity contribution in [3.8, 4) is 0 Å². The fraction of sp³-hybridized carbons (Fsp3) is 0.833. The fourth-order valence-electron chi connectivity index (χ4n) is 5.41.